The predicted octanol–water partition coefficient (Wildman–Crippen LogP) is 0.160. The van der Waals surface area contributed by atoms with E-state index >= 15 is 0 Å². The lowest BCUT2D eigenvalue weighted by Crippen LogP contribution is -2.41. The largest absolute Gasteiger partial charge is 0.504 e. The molecule has 1 saturated heterocycles. The Hall–Kier alpha value is -1.79. The van der Waals surface area contributed by atoms with Gasteiger partial charge < -0.3 is 20.3 Å². The second kappa shape index (κ2) is 6.40. The maximum atomic E-state index is 11.8. The van der Waals surface area contributed by atoms with Gasteiger partial charge in [-0.2, -0.15) is 0 Å². The fourth-order valence-corrected chi connectivity index (χ4v) is 1.92. The van der Waals surface area contributed by atoms with Crippen LogP contribution in [0.1, 0.15) is 10.4 Å². The van der Waals surface area contributed by atoms with Crippen molar-refractivity contribution in [1.29, 1.82) is 0 Å². The van der Waals surface area contributed by atoms with Crippen molar-refractivity contribution in [2.24, 2.45) is 0 Å². The molecule has 0 bridgehead atoms. The molecule has 19 heavy (non-hydrogen) atoms. The van der Waals surface area contributed by atoms with E-state index in [1.807, 2.05) is 0 Å². The molecule has 0 unspecified atom stereocenters. The highest BCUT2D eigenvalue weighted by molar-refractivity contribution is 5.94. The summed E-state index contributed by atoms with van der Waals surface area (Å²) in [4.78, 5) is 14.0. The van der Waals surface area contributed by atoms with Crippen molar-refractivity contribution >= 4 is 5.91 Å². The van der Waals surface area contributed by atoms with Crippen LogP contribution in [-0.4, -0.2) is 60.4 Å². The molecular formula is C13H18N2O4. The predicted molar refractivity (Wildman–Crippen MR) is 69.4 cm³/mol. The molecule has 1 aromatic rings. The summed E-state index contributed by atoms with van der Waals surface area (Å²) in [6.07, 6.45) is 0. The topological polar surface area (TPSA) is 82.0 Å². The van der Waals surface area contributed by atoms with E-state index in [4.69, 9.17) is 4.74 Å². The molecule has 2 rings (SSSR count). The number of amides is 1. The van der Waals surface area contributed by atoms with Crippen LogP contribution in [0.25, 0.3) is 0 Å². The maximum Gasteiger partial charge on any atom is 0.251 e. The third-order valence-electron chi connectivity index (χ3n) is 3.05. The van der Waals surface area contributed by atoms with Gasteiger partial charge in [-0.05, 0) is 18.2 Å². The second-order valence-electron chi connectivity index (χ2n) is 4.41. The van der Waals surface area contributed by atoms with E-state index in [2.05, 4.69) is 10.2 Å². The Morgan fingerprint density at radius 1 is 1.26 bits per heavy atom. The molecule has 0 aromatic heterocycles. The van der Waals surface area contributed by atoms with Gasteiger partial charge in [-0.1, -0.05) is 0 Å². The first-order chi connectivity index (χ1) is 9.16. The highest BCUT2D eigenvalue weighted by Gasteiger charge is 2.11. The zero-order valence-corrected chi connectivity index (χ0v) is 10.6. The van der Waals surface area contributed by atoms with Crippen LogP contribution in [0.2, 0.25) is 0 Å². The van der Waals surface area contributed by atoms with Crippen LogP contribution in [0.5, 0.6) is 11.5 Å². The van der Waals surface area contributed by atoms with Gasteiger partial charge in [0.1, 0.15) is 0 Å². The van der Waals surface area contributed by atoms with Gasteiger partial charge in [0.15, 0.2) is 11.5 Å². The summed E-state index contributed by atoms with van der Waals surface area (Å²) in [7, 11) is 0. The van der Waals surface area contributed by atoms with Crippen LogP contribution in [0.4, 0.5) is 0 Å². The first-order valence-corrected chi connectivity index (χ1v) is 6.27. The minimum atomic E-state index is -0.291. The van der Waals surface area contributed by atoms with Gasteiger partial charge in [0.05, 0.1) is 13.2 Å². The number of carbonyl (C=O) groups excluding carboxylic acids is 1. The molecule has 0 aliphatic carbocycles. The van der Waals surface area contributed by atoms with Gasteiger partial charge in [-0.15, -0.1) is 0 Å². The summed E-state index contributed by atoms with van der Waals surface area (Å²) in [5, 5.41) is 21.3. The normalized spacial score (nSPS) is 16.2. The zero-order chi connectivity index (χ0) is 13.7. The van der Waals surface area contributed by atoms with Crippen LogP contribution in [0, 0.1) is 0 Å². The number of carbonyl (C=O) groups is 1. The Morgan fingerprint density at radius 3 is 2.68 bits per heavy atom. The molecule has 0 atom stereocenters. The van der Waals surface area contributed by atoms with Gasteiger partial charge in [0, 0.05) is 31.7 Å². The average molecular weight is 266 g/mol. The van der Waals surface area contributed by atoms with Crippen LogP contribution in [0.15, 0.2) is 18.2 Å². The number of morpholine rings is 1. The Bertz CT molecular complexity index is 444. The Morgan fingerprint density at radius 2 is 2.00 bits per heavy atom. The standard InChI is InChI=1S/C13H18N2O4/c16-11-2-1-10(9-12(11)17)13(18)14-3-4-15-5-7-19-8-6-15/h1-2,9,16-17H,3-8H2,(H,14,18). The summed E-state index contributed by atoms with van der Waals surface area (Å²) < 4.78 is 5.24. The smallest absolute Gasteiger partial charge is 0.251 e. The van der Waals surface area contributed by atoms with Crippen LogP contribution < -0.4 is 5.32 Å². The fraction of sp³-hybridized carbons (Fsp3) is 0.462. The zero-order valence-electron chi connectivity index (χ0n) is 10.6. The molecule has 1 aliphatic rings. The molecule has 1 fully saturated rings. The number of phenols is 2. The summed E-state index contributed by atoms with van der Waals surface area (Å²) in [6.45, 7) is 4.56. The first-order valence-electron chi connectivity index (χ1n) is 6.27. The number of nitrogens with zero attached hydrogens (tertiary/aromatic N) is 1. The van der Waals surface area contributed by atoms with Crippen molar-refractivity contribution in [3.8, 4) is 11.5 Å². The Kier molecular flexibility index (Phi) is 4.59. The van der Waals surface area contributed by atoms with Crippen molar-refractivity contribution in [3.05, 3.63) is 23.8 Å². The molecule has 0 saturated carbocycles. The number of rotatable bonds is 4. The van der Waals surface area contributed by atoms with Crippen molar-refractivity contribution in [1.82, 2.24) is 10.2 Å². The van der Waals surface area contributed by atoms with Crippen molar-refractivity contribution in [2.75, 3.05) is 39.4 Å². The van der Waals surface area contributed by atoms with Crippen LogP contribution in [-0.2, 0) is 4.74 Å². The number of hydrogen-bond acceptors (Lipinski definition) is 5. The molecule has 3 N–H and O–H groups in total. The molecule has 0 spiro atoms. The number of hydrogen-bond donors (Lipinski definition) is 3. The van der Waals surface area contributed by atoms with Gasteiger partial charge in [-0.3, -0.25) is 9.69 Å². The number of phenolic OH excluding ortho intramolecular Hbond substituents is 2. The van der Waals surface area contributed by atoms with E-state index in [0.717, 1.165) is 32.8 Å². The van der Waals surface area contributed by atoms with E-state index in [-0.39, 0.29) is 17.4 Å². The summed E-state index contributed by atoms with van der Waals surface area (Å²) in [5.41, 5.74) is 0.331. The van der Waals surface area contributed by atoms with Crippen molar-refractivity contribution < 1.29 is 19.7 Å². The van der Waals surface area contributed by atoms with E-state index < -0.39 is 0 Å². The molecule has 1 heterocycles. The number of aromatic hydroxyl groups is 2. The van der Waals surface area contributed by atoms with Crippen LogP contribution >= 0.6 is 0 Å². The minimum Gasteiger partial charge on any atom is -0.504 e. The van der Waals surface area contributed by atoms with Crippen molar-refractivity contribution in [2.45, 2.75) is 0 Å². The summed E-state index contributed by atoms with van der Waals surface area (Å²) in [6, 6.07) is 4.02. The fourth-order valence-electron chi connectivity index (χ4n) is 1.92. The lowest BCUT2D eigenvalue weighted by Gasteiger charge is -2.26. The maximum absolute atomic E-state index is 11.8. The molecule has 104 valence electrons. The van der Waals surface area contributed by atoms with Gasteiger partial charge in [0.25, 0.3) is 5.91 Å². The molecule has 6 heteroatoms. The Labute approximate surface area is 111 Å². The second-order valence-corrected chi connectivity index (χ2v) is 4.41. The quantitative estimate of drug-likeness (QED) is 0.676. The van der Waals surface area contributed by atoms with E-state index in [9.17, 15) is 15.0 Å². The van der Waals surface area contributed by atoms with E-state index in [1.165, 1.54) is 18.2 Å². The molecule has 1 aromatic carbocycles. The summed E-state index contributed by atoms with van der Waals surface area (Å²) >= 11 is 0. The SMILES string of the molecule is O=C(NCCN1CCOCC1)c1ccc(O)c(O)c1. The van der Waals surface area contributed by atoms with Gasteiger partial charge in [-0.25, -0.2) is 0 Å². The first kappa shape index (κ1) is 13.6. The van der Waals surface area contributed by atoms with Gasteiger partial charge >= 0.3 is 0 Å². The highest BCUT2D eigenvalue weighted by atomic mass is 16.5. The molecule has 1 amide bonds. The molecule has 6 nitrogen and oxygen atoms in total. The van der Waals surface area contributed by atoms with Crippen LogP contribution in [0.3, 0.4) is 0 Å². The highest BCUT2D eigenvalue weighted by Crippen LogP contribution is 2.24. The average Bonchev–Trinajstić information content (AvgIpc) is 2.43. The van der Waals surface area contributed by atoms with E-state index in [1.54, 1.807) is 0 Å². The third-order valence-corrected chi connectivity index (χ3v) is 3.05. The van der Waals surface area contributed by atoms with E-state index in [0.29, 0.717) is 12.1 Å². The van der Waals surface area contributed by atoms with Gasteiger partial charge in [0.2, 0.25) is 0 Å². The lowest BCUT2D eigenvalue weighted by atomic mass is 10.2. The Balaban J connectivity index is 1.78. The number of nitrogens with one attached hydrogen (secondary N) is 1. The third kappa shape index (κ3) is 3.84. The molecular weight excluding hydrogens is 248 g/mol. The minimum absolute atomic E-state index is 0.232. The van der Waals surface area contributed by atoms with Crippen molar-refractivity contribution in [3.63, 3.8) is 0 Å². The molecule has 0 radical (unpaired) electrons. The number of ether oxygens (including phenoxy) is 1. The summed E-state index contributed by atoms with van der Waals surface area (Å²) in [5.74, 6) is -0.783. The lowest BCUT2D eigenvalue weighted by molar-refractivity contribution is 0.0383. The molecule has 1 aliphatic heterocycles. The monoisotopic (exact) mass is 266 g/mol. The number of benzene rings is 1.